The number of nitrogens with two attached hydrogens (primary N) is 1. The lowest BCUT2D eigenvalue weighted by Crippen LogP contribution is -2.09. The standard InChI is InChI=1S/C10H9NO3S3/c11-17(13,14)10-7-6-9(15-10)16(12)8-4-2-1-3-5-8/h1-7H,(H2,11,13,14)/t16-/m1/s1. The summed E-state index contributed by atoms with van der Waals surface area (Å²) in [7, 11) is -5.08. The third kappa shape index (κ3) is 2.81. The van der Waals surface area contributed by atoms with Crippen LogP contribution in [0.2, 0.25) is 0 Å². The molecule has 0 fully saturated rings. The summed E-state index contributed by atoms with van der Waals surface area (Å²) in [6.45, 7) is 0. The van der Waals surface area contributed by atoms with Gasteiger partial charge in [-0.3, -0.25) is 0 Å². The first-order valence-electron chi connectivity index (χ1n) is 4.58. The van der Waals surface area contributed by atoms with Gasteiger partial charge in [-0.15, -0.1) is 11.3 Å². The minimum Gasteiger partial charge on any atom is -0.248 e. The first-order chi connectivity index (χ1) is 7.98. The summed E-state index contributed by atoms with van der Waals surface area (Å²) in [5.41, 5.74) is 0. The van der Waals surface area contributed by atoms with Crippen LogP contribution in [-0.2, 0) is 20.8 Å². The van der Waals surface area contributed by atoms with E-state index in [0.717, 1.165) is 11.3 Å². The lowest BCUT2D eigenvalue weighted by Gasteiger charge is -1.97. The van der Waals surface area contributed by atoms with Gasteiger partial charge in [0, 0.05) is 4.90 Å². The molecule has 0 spiro atoms. The maximum atomic E-state index is 12.1. The number of rotatable bonds is 3. The van der Waals surface area contributed by atoms with Crippen LogP contribution >= 0.6 is 11.3 Å². The predicted octanol–water partition coefficient (Wildman–Crippen LogP) is 1.56. The molecule has 0 amide bonds. The fourth-order valence-corrected chi connectivity index (χ4v) is 4.53. The molecule has 2 aromatic rings. The van der Waals surface area contributed by atoms with E-state index in [1.54, 1.807) is 24.3 Å². The quantitative estimate of drug-likeness (QED) is 0.930. The third-order valence-electron chi connectivity index (χ3n) is 1.98. The van der Waals surface area contributed by atoms with Gasteiger partial charge >= 0.3 is 0 Å². The summed E-state index contributed by atoms with van der Waals surface area (Å²) in [5, 5.41) is 4.99. The Balaban J connectivity index is 2.37. The molecule has 90 valence electrons. The molecule has 0 radical (unpaired) electrons. The van der Waals surface area contributed by atoms with Crippen LogP contribution in [0.25, 0.3) is 0 Å². The van der Waals surface area contributed by atoms with Crippen molar-refractivity contribution in [2.75, 3.05) is 0 Å². The summed E-state index contributed by atoms with van der Waals surface area (Å²) in [4.78, 5) is 0.635. The Morgan fingerprint density at radius 2 is 1.71 bits per heavy atom. The van der Waals surface area contributed by atoms with Crippen molar-refractivity contribution in [2.24, 2.45) is 5.14 Å². The van der Waals surface area contributed by atoms with Crippen LogP contribution in [0.3, 0.4) is 0 Å². The second-order valence-corrected chi connectivity index (χ2v) is 7.78. The minimum atomic E-state index is -3.71. The highest BCUT2D eigenvalue weighted by molar-refractivity contribution is 7.92. The molecule has 17 heavy (non-hydrogen) atoms. The highest BCUT2D eigenvalue weighted by Crippen LogP contribution is 2.26. The summed E-state index contributed by atoms with van der Waals surface area (Å²) >= 11 is 0.930. The van der Waals surface area contributed by atoms with E-state index >= 15 is 0 Å². The van der Waals surface area contributed by atoms with Gasteiger partial charge in [-0.1, -0.05) is 18.2 Å². The Hall–Kier alpha value is -1.02. The molecule has 0 aliphatic rings. The number of hydrogen-bond donors (Lipinski definition) is 1. The van der Waals surface area contributed by atoms with Gasteiger partial charge < -0.3 is 0 Å². The third-order valence-corrected chi connectivity index (χ3v) is 6.20. The van der Waals surface area contributed by atoms with Crippen molar-refractivity contribution in [1.82, 2.24) is 0 Å². The van der Waals surface area contributed by atoms with Crippen LogP contribution in [0, 0.1) is 0 Å². The fourth-order valence-electron chi connectivity index (χ4n) is 1.22. The summed E-state index contributed by atoms with van der Waals surface area (Å²) in [6, 6.07) is 11.7. The molecule has 0 aliphatic carbocycles. The van der Waals surface area contributed by atoms with Gasteiger partial charge in [0.25, 0.3) is 0 Å². The van der Waals surface area contributed by atoms with Gasteiger partial charge in [0.15, 0.2) is 0 Å². The van der Waals surface area contributed by atoms with Crippen LogP contribution < -0.4 is 5.14 Å². The highest BCUT2D eigenvalue weighted by Gasteiger charge is 2.15. The van der Waals surface area contributed by atoms with Crippen LogP contribution in [-0.4, -0.2) is 12.6 Å². The Morgan fingerprint density at radius 3 is 2.24 bits per heavy atom. The molecule has 0 unspecified atom stereocenters. The van der Waals surface area contributed by atoms with Crippen LogP contribution in [0.15, 0.2) is 55.8 Å². The molecule has 1 aromatic carbocycles. The maximum Gasteiger partial charge on any atom is 0.247 e. The van der Waals surface area contributed by atoms with Crippen molar-refractivity contribution >= 4 is 32.2 Å². The van der Waals surface area contributed by atoms with Crippen LogP contribution in [0.5, 0.6) is 0 Å². The van der Waals surface area contributed by atoms with Gasteiger partial charge in [0.1, 0.15) is 4.21 Å². The first-order valence-corrected chi connectivity index (χ1v) is 8.09. The molecule has 0 saturated heterocycles. The topological polar surface area (TPSA) is 77.2 Å². The molecular formula is C10H9NO3S3. The van der Waals surface area contributed by atoms with Crippen molar-refractivity contribution in [3.05, 3.63) is 42.5 Å². The molecule has 7 heteroatoms. The maximum absolute atomic E-state index is 12.1. The van der Waals surface area contributed by atoms with E-state index in [0.29, 0.717) is 9.10 Å². The zero-order valence-electron chi connectivity index (χ0n) is 8.57. The molecule has 0 saturated carbocycles. The molecular weight excluding hydrogens is 278 g/mol. The largest absolute Gasteiger partial charge is 0.248 e. The fraction of sp³-hybridized carbons (Fsp3) is 0. The predicted molar refractivity (Wildman–Crippen MR) is 66.8 cm³/mol. The second kappa shape index (κ2) is 4.69. The molecule has 1 atom stereocenters. The van der Waals surface area contributed by atoms with Gasteiger partial charge in [0.05, 0.1) is 15.0 Å². The zero-order chi connectivity index (χ0) is 12.5. The van der Waals surface area contributed by atoms with Crippen LogP contribution in [0.4, 0.5) is 0 Å². The van der Waals surface area contributed by atoms with Crippen molar-refractivity contribution in [3.8, 4) is 0 Å². The minimum absolute atomic E-state index is 0.0248. The van der Waals surface area contributed by atoms with E-state index in [4.69, 9.17) is 5.14 Å². The molecule has 1 heterocycles. The van der Waals surface area contributed by atoms with Crippen molar-refractivity contribution in [2.45, 2.75) is 13.3 Å². The lowest BCUT2D eigenvalue weighted by molar-refractivity contribution is 0.600. The molecule has 0 bridgehead atoms. The van der Waals surface area contributed by atoms with Gasteiger partial charge in [0.2, 0.25) is 10.0 Å². The lowest BCUT2D eigenvalue weighted by atomic mass is 10.4. The van der Waals surface area contributed by atoms with E-state index in [1.807, 2.05) is 6.07 Å². The average Bonchev–Trinajstić information content (AvgIpc) is 2.78. The number of primary sulfonamides is 1. The van der Waals surface area contributed by atoms with E-state index in [9.17, 15) is 12.6 Å². The van der Waals surface area contributed by atoms with Gasteiger partial charge in [-0.2, -0.15) is 0 Å². The van der Waals surface area contributed by atoms with E-state index in [-0.39, 0.29) is 4.21 Å². The number of sulfonamides is 1. The number of thiophene rings is 1. The summed E-state index contributed by atoms with van der Waals surface area (Å²) in [6.07, 6.45) is 0. The molecule has 1 aromatic heterocycles. The molecule has 0 aliphatic heterocycles. The second-order valence-electron chi connectivity index (χ2n) is 3.20. The summed E-state index contributed by atoms with van der Waals surface area (Å²) in [5.74, 6) is 0. The Morgan fingerprint density at radius 1 is 1.06 bits per heavy atom. The van der Waals surface area contributed by atoms with Gasteiger partial charge in [-0.25, -0.2) is 17.8 Å². The van der Waals surface area contributed by atoms with Crippen LogP contribution in [0.1, 0.15) is 0 Å². The highest BCUT2D eigenvalue weighted by atomic mass is 32.3. The average molecular weight is 287 g/mol. The van der Waals surface area contributed by atoms with Gasteiger partial charge in [-0.05, 0) is 24.3 Å². The monoisotopic (exact) mass is 287 g/mol. The molecule has 2 N–H and O–H groups in total. The van der Waals surface area contributed by atoms with E-state index < -0.39 is 20.8 Å². The first kappa shape index (κ1) is 12.4. The van der Waals surface area contributed by atoms with Crippen molar-refractivity contribution in [1.29, 1.82) is 0 Å². The normalized spacial score (nSPS) is 13.5. The Kier molecular flexibility index (Phi) is 3.43. The SMILES string of the molecule is NS(=O)(=O)c1ccc([S@](=O)c2ccccc2)s1. The van der Waals surface area contributed by atoms with E-state index in [1.165, 1.54) is 12.1 Å². The van der Waals surface area contributed by atoms with Crippen molar-refractivity contribution in [3.63, 3.8) is 0 Å². The smallest absolute Gasteiger partial charge is 0.247 e. The zero-order valence-corrected chi connectivity index (χ0v) is 11.0. The Bertz CT molecular complexity index is 646. The Labute approximate surface area is 106 Å². The number of benzene rings is 1. The molecule has 4 nitrogen and oxygen atoms in total. The summed E-state index contributed by atoms with van der Waals surface area (Å²) < 4.78 is 34.8. The number of hydrogen-bond acceptors (Lipinski definition) is 4. The van der Waals surface area contributed by atoms with E-state index in [2.05, 4.69) is 0 Å². The molecule has 2 rings (SSSR count). The van der Waals surface area contributed by atoms with Crippen molar-refractivity contribution < 1.29 is 12.6 Å².